The number of aromatic nitrogens is 1. The molecule has 8 heteroatoms. The maximum atomic E-state index is 14.5. The fraction of sp³-hybridized carbons (Fsp3) is 0.0789. The number of amides is 2. The Morgan fingerprint density at radius 3 is 2.09 bits per heavy atom. The lowest BCUT2D eigenvalue weighted by Gasteiger charge is -2.17. The Hall–Kier alpha value is -5.47. The number of hydrogen-bond donors (Lipinski definition) is 2. The van der Waals surface area contributed by atoms with E-state index in [0.29, 0.717) is 17.7 Å². The fourth-order valence-electron chi connectivity index (χ4n) is 5.31. The second-order valence-electron chi connectivity index (χ2n) is 10.6. The van der Waals surface area contributed by atoms with Crippen molar-refractivity contribution in [3.05, 3.63) is 150 Å². The zero-order valence-corrected chi connectivity index (χ0v) is 25.8. The number of rotatable bonds is 9. The van der Waals surface area contributed by atoms with Crippen LogP contribution in [-0.2, 0) is 4.79 Å². The molecule has 0 radical (unpaired) electrons. The number of carbonyl (C=O) groups is 3. The summed E-state index contributed by atoms with van der Waals surface area (Å²) < 4.78 is 16.3. The average molecular weight is 628 g/mol. The highest BCUT2D eigenvalue weighted by atomic mass is 32.2. The third-order valence-electron chi connectivity index (χ3n) is 7.55. The number of fused-ring (bicyclic) bond motifs is 3. The normalized spacial score (nSPS) is 12.2. The average Bonchev–Trinajstić information content (AvgIpc) is 3.42. The van der Waals surface area contributed by atoms with Gasteiger partial charge in [-0.1, -0.05) is 85.8 Å². The summed E-state index contributed by atoms with van der Waals surface area (Å²) in [5.41, 5.74) is 2.57. The molecule has 0 saturated carbocycles. The highest BCUT2D eigenvalue weighted by Crippen LogP contribution is 2.33. The molecule has 1 aromatic heterocycles. The minimum atomic E-state index is -0.622. The van der Waals surface area contributed by atoms with Crippen LogP contribution < -0.4 is 10.6 Å². The van der Waals surface area contributed by atoms with Crippen LogP contribution in [0.2, 0.25) is 0 Å². The summed E-state index contributed by atoms with van der Waals surface area (Å²) in [4.78, 5) is 41.3. The van der Waals surface area contributed by atoms with Crippen LogP contribution in [0.4, 0.5) is 10.1 Å². The minimum absolute atomic E-state index is 0.0296. The predicted molar refractivity (Wildman–Crippen MR) is 183 cm³/mol. The van der Waals surface area contributed by atoms with E-state index in [4.69, 9.17) is 0 Å². The lowest BCUT2D eigenvalue weighted by Crippen LogP contribution is -2.30. The Balaban J connectivity index is 1.25. The Kier molecular flexibility index (Phi) is 9.08. The molecule has 46 heavy (non-hydrogen) atoms. The molecule has 1 heterocycles. The van der Waals surface area contributed by atoms with Crippen molar-refractivity contribution >= 4 is 63.1 Å². The van der Waals surface area contributed by atoms with Gasteiger partial charge in [0, 0.05) is 32.5 Å². The van der Waals surface area contributed by atoms with Gasteiger partial charge in [0.25, 0.3) is 11.8 Å². The molecule has 0 aliphatic rings. The van der Waals surface area contributed by atoms with Crippen molar-refractivity contribution in [2.24, 2.45) is 0 Å². The van der Waals surface area contributed by atoms with Crippen LogP contribution in [0.15, 0.2) is 138 Å². The van der Waals surface area contributed by atoms with Crippen LogP contribution in [0.1, 0.15) is 34.1 Å². The molecule has 1 unspecified atom stereocenters. The van der Waals surface area contributed by atoms with E-state index in [-0.39, 0.29) is 17.2 Å². The van der Waals surface area contributed by atoms with Gasteiger partial charge in [-0.05, 0) is 61.0 Å². The third kappa shape index (κ3) is 6.48. The summed E-state index contributed by atoms with van der Waals surface area (Å²) in [6.45, 7) is 1.98. The molecule has 0 aliphatic heterocycles. The molecule has 0 aliphatic carbocycles. The molecule has 6 rings (SSSR count). The number of benzene rings is 5. The fourth-order valence-corrected chi connectivity index (χ4v) is 6.37. The van der Waals surface area contributed by atoms with Gasteiger partial charge in [-0.25, -0.2) is 4.39 Å². The summed E-state index contributed by atoms with van der Waals surface area (Å²) in [6.07, 6.45) is 1.89. The monoisotopic (exact) mass is 627 g/mol. The van der Waals surface area contributed by atoms with Crippen LogP contribution in [0, 0.1) is 5.82 Å². The van der Waals surface area contributed by atoms with Crippen LogP contribution in [0.5, 0.6) is 0 Å². The van der Waals surface area contributed by atoms with Crippen molar-refractivity contribution in [2.75, 3.05) is 5.32 Å². The number of anilines is 1. The van der Waals surface area contributed by atoms with Gasteiger partial charge in [0.2, 0.25) is 5.91 Å². The van der Waals surface area contributed by atoms with Gasteiger partial charge >= 0.3 is 0 Å². The van der Waals surface area contributed by atoms with Gasteiger partial charge in [0.15, 0.2) is 0 Å². The van der Waals surface area contributed by atoms with E-state index in [1.165, 1.54) is 30.0 Å². The largest absolute Gasteiger partial charge is 0.321 e. The Morgan fingerprint density at radius 2 is 1.41 bits per heavy atom. The van der Waals surface area contributed by atoms with E-state index in [2.05, 4.69) is 10.6 Å². The Morgan fingerprint density at radius 1 is 0.783 bits per heavy atom. The van der Waals surface area contributed by atoms with Crippen LogP contribution in [-0.4, -0.2) is 27.5 Å². The topological polar surface area (TPSA) is 80.2 Å². The number of thioether (sulfide) groups is 1. The Bertz CT molecular complexity index is 2050. The molecule has 6 nitrogen and oxygen atoms in total. The molecular formula is C38H30FN3O3S. The van der Waals surface area contributed by atoms with Crippen molar-refractivity contribution in [3.63, 3.8) is 0 Å². The van der Waals surface area contributed by atoms with E-state index < -0.39 is 22.9 Å². The molecule has 228 valence electrons. The van der Waals surface area contributed by atoms with Gasteiger partial charge < -0.3 is 10.6 Å². The van der Waals surface area contributed by atoms with Gasteiger partial charge in [-0.3, -0.25) is 19.0 Å². The second-order valence-corrected chi connectivity index (χ2v) is 11.9. The van der Waals surface area contributed by atoms with E-state index in [0.717, 1.165) is 26.7 Å². The molecule has 2 amide bonds. The third-order valence-corrected chi connectivity index (χ3v) is 8.90. The number of para-hydroxylation sites is 2. The number of nitrogens with one attached hydrogen (secondary N) is 2. The Labute approximate surface area is 269 Å². The molecular weight excluding hydrogens is 598 g/mol. The van der Waals surface area contributed by atoms with E-state index in [1.807, 2.05) is 61.5 Å². The van der Waals surface area contributed by atoms with Gasteiger partial charge in [0.1, 0.15) is 11.5 Å². The highest BCUT2D eigenvalue weighted by Gasteiger charge is 2.24. The molecule has 0 fully saturated rings. The zero-order valence-electron chi connectivity index (χ0n) is 24.9. The van der Waals surface area contributed by atoms with Gasteiger partial charge in [-0.15, -0.1) is 11.8 Å². The first kappa shape index (κ1) is 30.6. The summed E-state index contributed by atoms with van der Waals surface area (Å²) in [5, 5.41) is 7.11. The lowest BCUT2D eigenvalue weighted by atomic mass is 10.1. The predicted octanol–water partition coefficient (Wildman–Crippen LogP) is 8.55. The number of carbonyl (C=O) groups excluding carboxylic acids is 3. The number of hydrogen-bond acceptors (Lipinski definition) is 4. The van der Waals surface area contributed by atoms with Crippen molar-refractivity contribution in [1.82, 2.24) is 9.88 Å². The first-order valence-corrected chi connectivity index (χ1v) is 15.7. The van der Waals surface area contributed by atoms with Crippen LogP contribution >= 0.6 is 11.8 Å². The second kappa shape index (κ2) is 13.7. The first-order chi connectivity index (χ1) is 22.4. The van der Waals surface area contributed by atoms with Crippen molar-refractivity contribution < 1.29 is 18.8 Å². The minimum Gasteiger partial charge on any atom is -0.321 e. The molecule has 2 N–H and O–H groups in total. The molecule has 6 aromatic rings. The molecule has 0 spiro atoms. The standard InChI is InChI=1S/C38H30FN3O3S/c1-2-35(38(45)42-33-21-10-7-18-29(33)30-19-8-11-22-34(30)42)46-28-17-12-16-27(24-28)40-37(44)32(23-26-15-6-9-20-31(26)39)41-36(43)25-13-4-3-5-14-25/h3-24,35H,2H2,1H3,(H,40,44)(H,41,43)/b32-23+. The van der Waals surface area contributed by atoms with Crippen molar-refractivity contribution in [1.29, 1.82) is 0 Å². The van der Waals surface area contributed by atoms with Gasteiger partial charge in [0.05, 0.1) is 16.3 Å². The summed E-state index contributed by atoms with van der Waals surface area (Å²) in [6, 6.07) is 37.4. The molecule has 0 bridgehead atoms. The zero-order chi connectivity index (χ0) is 32.0. The maximum Gasteiger partial charge on any atom is 0.272 e. The van der Waals surface area contributed by atoms with Crippen LogP contribution in [0.25, 0.3) is 27.9 Å². The SMILES string of the molecule is CCC(Sc1cccc(NC(=O)/C(=C\c2ccccc2F)NC(=O)c2ccccc2)c1)C(=O)n1c2ccccc2c2ccccc21. The van der Waals surface area contributed by atoms with Gasteiger partial charge in [-0.2, -0.15) is 0 Å². The first-order valence-electron chi connectivity index (χ1n) is 14.9. The lowest BCUT2D eigenvalue weighted by molar-refractivity contribution is -0.113. The van der Waals surface area contributed by atoms with Crippen molar-refractivity contribution in [3.8, 4) is 0 Å². The van der Waals surface area contributed by atoms with E-state index in [1.54, 1.807) is 65.2 Å². The summed E-state index contributed by atoms with van der Waals surface area (Å²) in [5.74, 6) is -1.68. The quantitative estimate of drug-likeness (QED) is 0.124. The molecule has 1 atom stereocenters. The highest BCUT2D eigenvalue weighted by molar-refractivity contribution is 8.00. The van der Waals surface area contributed by atoms with Crippen molar-refractivity contribution in [2.45, 2.75) is 23.5 Å². The molecule has 5 aromatic carbocycles. The maximum absolute atomic E-state index is 14.5. The van der Waals surface area contributed by atoms with Crippen LogP contribution in [0.3, 0.4) is 0 Å². The van der Waals surface area contributed by atoms with E-state index in [9.17, 15) is 18.8 Å². The van der Waals surface area contributed by atoms with E-state index >= 15 is 0 Å². The summed E-state index contributed by atoms with van der Waals surface area (Å²) >= 11 is 1.42. The number of halogens is 1. The number of nitrogens with zero attached hydrogens (tertiary/aromatic N) is 1. The molecule has 0 saturated heterocycles. The smallest absolute Gasteiger partial charge is 0.272 e. The summed E-state index contributed by atoms with van der Waals surface area (Å²) in [7, 11) is 0.